The zero-order valence-corrected chi connectivity index (χ0v) is 18.9. The van der Waals surface area contributed by atoms with Crippen LogP contribution in [0, 0.1) is 5.92 Å². The Kier molecular flexibility index (Phi) is 6.12. The van der Waals surface area contributed by atoms with Crippen LogP contribution < -0.4 is 10.6 Å². The SMILES string of the molecule is CC(C)C(N)C(=O)N1CCN(c2nnc(-c3ccc(Cl)cc3)c3ccccc23)C[C@@H]1C. The summed E-state index contributed by atoms with van der Waals surface area (Å²) < 4.78 is 0. The number of anilines is 1. The van der Waals surface area contributed by atoms with E-state index in [9.17, 15) is 4.79 Å². The Hall–Kier alpha value is -2.70. The normalized spacial score (nSPS) is 17.9. The highest BCUT2D eigenvalue weighted by Gasteiger charge is 2.32. The van der Waals surface area contributed by atoms with Crippen LogP contribution in [0.3, 0.4) is 0 Å². The third kappa shape index (κ3) is 4.23. The number of carbonyl (C=O) groups excluding carboxylic acids is 1. The van der Waals surface area contributed by atoms with E-state index in [1.54, 1.807) is 0 Å². The number of aromatic nitrogens is 2. The Morgan fingerprint density at radius 3 is 2.39 bits per heavy atom. The highest BCUT2D eigenvalue weighted by molar-refractivity contribution is 6.30. The topological polar surface area (TPSA) is 75.4 Å². The number of rotatable bonds is 4. The summed E-state index contributed by atoms with van der Waals surface area (Å²) in [4.78, 5) is 16.9. The highest BCUT2D eigenvalue weighted by Crippen LogP contribution is 2.32. The third-order valence-corrected chi connectivity index (χ3v) is 6.25. The summed E-state index contributed by atoms with van der Waals surface area (Å²) in [6, 6.07) is 15.4. The lowest BCUT2D eigenvalue weighted by Gasteiger charge is -2.41. The summed E-state index contributed by atoms with van der Waals surface area (Å²) in [6.45, 7) is 8.03. The molecule has 1 fully saturated rings. The van der Waals surface area contributed by atoms with Gasteiger partial charge in [-0.15, -0.1) is 10.2 Å². The lowest BCUT2D eigenvalue weighted by atomic mass is 10.0. The summed E-state index contributed by atoms with van der Waals surface area (Å²) in [5, 5.41) is 12.0. The molecule has 1 aromatic heterocycles. The molecule has 7 heteroatoms. The number of nitrogens with two attached hydrogens (primary N) is 1. The number of hydrogen-bond donors (Lipinski definition) is 1. The lowest BCUT2D eigenvalue weighted by molar-refractivity contribution is -0.136. The van der Waals surface area contributed by atoms with Crippen molar-refractivity contribution in [3.05, 3.63) is 53.6 Å². The molecule has 2 heterocycles. The Labute approximate surface area is 188 Å². The number of hydrogen-bond acceptors (Lipinski definition) is 5. The first-order valence-electron chi connectivity index (χ1n) is 10.7. The van der Waals surface area contributed by atoms with E-state index < -0.39 is 6.04 Å². The van der Waals surface area contributed by atoms with Gasteiger partial charge in [0.2, 0.25) is 5.91 Å². The molecule has 2 atom stereocenters. The van der Waals surface area contributed by atoms with Crippen molar-refractivity contribution in [2.45, 2.75) is 32.9 Å². The van der Waals surface area contributed by atoms with Gasteiger partial charge in [0.05, 0.1) is 6.04 Å². The molecule has 1 aliphatic rings. The average molecular weight is 438 g/mol. The van der Waals surface area contributed by atoms with E-state index >= 15 is 0 Å². The predicted molar refractivity (Wildman–Crippen MR) is 126 cm³/mol. The molecule has 6 nitrogen and oxygen atoms in total. The van der Waals surface area contributed by atoms with Crippen LogP contribution in [0.1, 0.15) is 20.8 Å². The second kappa shape index (κ2) is 8.81. The molecular weight excluding hydrogens is 410 g/mol. The summed E-state index contributed by atoms with van der Waals surface area (Å²) in [5.41, 5.74) is 7.93. The van der Waals surface area contributed by atoms with Crippen molar-refractivity contribution in [3.8, 4) is 11.3 Å². The van der Waals surface area contributed by atoms with Crippen molar-refractivity contribution >= 4 is 34.1 Å². The van der Waals surface area contributed by atoms with Gasteiger partial charge in [0.15, 0.2) is 5.82 Å². The van der Waals surface area contributed by atoms with E-state index in [0.717, 1.165) is 27.8 Å². The van der Waals surface area contributed by atoms with E-state index in [1.165, 1.54) is 0 Å². The molecule has 1 saturated heterocycles. The van der Waals surface area contributed by atoms with Crippen LogP contribution in [-0.4, -0.2) is 52.7 Å². The van der Waals surface area contributed by atoms with E-state index in [2.05, 4.69) is 34.2 Å². The van der Waals surface area contributed by atoms with E-state index in [1.807, 2.05) is 55.1 Å². The van der Waals surface area contributed by atoms with Gasteiger partial charge < -0.3 is 15.5 Å². The standard InChI is InChI=1S/C24H28ClN5O/c1-15(2)21(26)24(31)30-13-12-29(14-16(30)3)23-20-7-5-4-6-19(20)22(27-28-23)17-8-10-18(25)11-9-17/h4-11,15-16,21H,12-14,26H2,1-3H3/t16-,21?/m0/s1. The maximum atomic E-state index is 12.8. The number of amides is 1. The smallest absolute Gasteiger partial charge is 0.240 e. The van der Waals surface area contributed by atoms with E-state index in [4.69, 9.17) is 17.3 Å². The molecule has 0 aliphatic carbocycles. The molecule has 2 aromatic carbocycles. The minimum atomic E-state index is -0.465. The first kappa shape index (κ1) is 21.5. The van der Waals surface area contributed by atoms with Crippen molar-refractivity contribution in [2.75, 3.05) is 24.5 Å². The summed E-state index contributed by atoms with van der Waals surface area (Å²) in [7, 11) is 0. The van der Waals surface area contributed by atoms with Gasteiger partial charge in [-0.05, 0) is 25.0 Å². The minimum absolute atomic E-state index is 0.0242. The fourth-order valence-electron chi connectivity index (χ4n) is 4.10. The first-order valence-corrected chi connectivity index (χ1v) is 11.1. The van der Waals surface area contributed by atoms with Crippen molar-refractivity contribution in [1.29, 1.82) is 0 Å². The van der Waals surface area contributed by atoms with Gasteiger partial charge in [0.25, 0.3) is 0 Å². The molecular formula is C24H28ClN5O. The van der Waals surface area contributed by atoms with Crippen molar-refractivity contribution in [3.63, 3.8) is 0 Å². The van der Waals surface area contributed by atoms with Gasteiger partial charge in [0.1, 0.15) is 5.69 Å². The summed E-state index contributed by atoms with van der Waals surface area (Å²) in [6.07, 6.45) is 0. The molecule has 31 heavy (non-hydrogen) atoms. The van der Waals surface area contributed by atoms with E-state index in [0.29, 0.717) is 24.7 Å². The van der Waals surface area contributed by atoms with Crippen LogP contribution in [0.2, 0.25) is 5.02 Å². The van der Waals surface area contributed by atoms with Crippen molar-refractivity contribution in [2.24, 2.45) is 11.7 Å². The third-order valence-electron chi connectivity index (χ3n) is 6.00. The second-order valence-corrected chi connectivity index (χ2v) is 8.96. The molecule has 3 aromatic rings. The van der Waals surface area contributed by atoms with Gasteiger partial charge in [0, 0.05) is 47.0 Å². The molecule has 0 spiro atoms. The minimum Gasteiger partial charge on any atom is -0.351 e. The molecule has 1 unspecified atom stereocenters. The molecule has 162 valence electrons. The van der Waals surface area contributed by atoms with Crippen LogP contribution in [0.5, 0.6) is 0 Å². The zero-order valence-electron chi connectivity index (χ0n) is 18.1. The molecule has 2 N–H and O–H groups in total. The number of fused-ring (bicyclic) bond motifs is 1. The Morgan fingerprint density at radius 2 is 1.74 bits per heavy atom. The van der Waals surface area contributed by atoms with Crippen LogP contribution in [0.25, 0.3) is 22.0 Å². The average Bonchev–Trinajstić information content (AvgIpc) is 2.78. The molecule has 0 saturated carbocycles. The van der Waals surface area contributed by atoms with Crippen LogP contribution in [0.15, 0.2) is 48.5 Å². The molecule has 1 amide bonds. The number of nitrogens with zero attached hydrogens (tertiary/aromatic N) is 4. The number of benzene rings is 2. The maximum absolute atomic E-state index is 12.8. The highest BCUT2D eigenvalue weighted by atomic mass is 35.5. The van der Waals surface area contributed by atoms with Gasteiger partial charge in [-0.2, -0.15) is 0 Å². The van der Waals surface area contributed by atoms with Gasteiger partial charge in [-0.3, -0.25) is 4.79 Å². The van der Waals surface area contributed by atoms with Gasteiger partial charge >= 0.3 is 0 Å². The number of piperazine rings is 1. The van der Waals surface area contributed by atoms with Crippen LogP contribution in [-0.2, 0) is 4.79 Å². The Balaban J connectivity index is 1.63. The number of halogens is 1. The van der Waals surface area contributed by atoms with Crippen molar-refractivity contribution in [1.82, 2.24) is 15.1 Å². The largest absolute Gasteiger partial charge is 0.351 e. The fourth-order valence-corrected chi connectivity index (χ4v) is 4.22. The van der Waals surface area contributed by atoms with Crippen LogP contribution >= 0.6 is 11.6 Å². The second-order valence-electron chi connectivity index (χ2n) is 8.52. The first-order chi connectivity index (χ1) is 14.9. The predicted octanol–water partition coefficient (Wildman–Crippen LogP) is 3.97. The van der Waals surface area contributed by atoms with Gasteiger partial charge in [-0.1, -0.05) is 61.8 Å². The molecule has 0 bridgehead atoms. The fraction of sp³-hybridized carbons (Fsp3) is 0.375. The Bertz CT molecular complexity index is 1090. The van der Waals surface area contributed by atoms with Crippen molar-refractivity contribution < 1.29 is 4.79 Å². The van der Waals surface area contributed by atoms with Gasteiger partial charge in [-0.25, -0.2) is 0 Å². The lowest BCUT2D eigenvalue weighted by Crippen LogP contribution is -2.58. The van der Waals surface area contributed by atoms with E-state index in [-0.39, 0.29) is 17.9 Å². The summed E-state index contributed by atoms with van der Waals surface area (Å²) >= 11 is 6.05. The molecule has 1 aliphatic heterocycles. The maximum Gasteiger partial charge on any atom is 0.240 e. The zero-order chi connectivity index (χ0) is 22.1. The monoisotopic (exact) mass is 437 g/mol. The molecule has 0 radical (unpaired) electrons. The Morgan fingerprint density at radius 1 is 1.06 bits per heavy atom. The van der Waals surface area contributed by atoms with Crippen LogP contribution in [0.4, 0.5) is 5.82 Å². The molecule has 4 rings (SSSR count). The quantitative estimate of drug-likeness (QED) is 0.668. The number of carbonyl (C=O) groups is 1. The summed E-state index contributed by atoms with van der Waals surface area (Å²) in [5.74, 6) is 0.990.